The van der Waals surface area contributed by atoms with Gasteiger partial charge in [0, 0.05) is 9.49 Å². The number of hydrogen-bond acceptors (Lipinski definition) is 2. The average Bonchev–Trinajstić information content (AvgIpc) is 2.95. The predicted molar refractivity (Wildman–Crippen MR) is 110 cm³/mol. The summed E-state index contributed by atoms with van der Waals surface area (Å²) in [6.07, 6.45) is 2.63. The van der Waals surface area contributed by atoms with Gasteiger partial charge in [0.05, 0.1) is 10.6 Å². The van der Waals surface area contributed by atoms with Crippen molar-refractivity contribution < 1.29 is 0 Å². The number of aromatic nitrogens is 1. The Bertz CT molecular complexity index is 807. The van der Waals surface area contributed by atoms with Crippen molar-refractivity contribution in [2.24, 2.45) is 0 Å². The number of rotatable bonds is 3. The van der Waals surface area contributed by atoms with Crippen LogP contribution in [0.15, 0.2) is 58.5 Å². The Kier molecular flexibility index (Phi) is 4.56. The van der Waals surface area contributed by atoms with Crippen LogP contribution in [0.2, 0.25) is 0 Å². The molecule has 0 radical (unpaired) electrons. The third-order valence-corrected chi connectivity index (χ3v) is 6.95. The highest BCUT2D eigenvalue weighted by Gasteiger charge is 2.27. The molecule has 1 aliphatic carbocycles. The summed E-state index contributed by atoms with van der Waals surface area (Å²) in [7, 11) is 0. The SMILES string of the molecule is Brc1nc(-c2ccc(C3CC(I)C3)cc2)c(-c2ccccc2)s1. The third kappa shape index (κ3) is 3.26. The summed E-state index contributed by atoms with van der Waals surface area (Å²) in [5, 5.41) is 0. The van der Waals surface area contributed by atoms with Gasteiger partial charge in [-0.3, -0.25) is 0 Å². The molecule has 1 fully saturated rings. The first-order chi connectivity index (χ1) is 11.2. The highest BCUT2D eigenvalue weighted by Crippen LogP contribution is 2.43. The molecule has 0 saturated heterocycles. The maximum absolute atomic E-state index is 4.71. The smallest absolute Gasteiger partial charge is 0.160 e. The Hall–Kier alpha value is -0.720. The Labute approximate surface area is 162 Å². The number of halogens is 2. The monoisotopic (exact) mass is 495 g/mol. The van der Waals surface area contributed by atoms with Crippen LogP contribution in [0.3, 0.4) is 0 Å². The lowest BCUT2D eigenvalue weighted by atomic mass is 9.80. The molecule has 1 aromatic heterocycles. The molecule has 3 aromatic rings. The number of alkyl halides is 1. The van der Waals surface area contributed by atoms with Crippen molar-refractivity contribution in [1.29, 1.82) is 0 Å². The molecule has 4 heteroatoms. The predicted octanol–water partition coefficient (Wildman–Crippen LogP) is 6.92. The standard InChI is InChI=1S/C19H15BrINS/c20-19-22-17(18(23-19)14-4-2-1-3-5-14)13-8-6-12(7-9-13)15-10-16(21)11-15/h1-9,15-16H,10-11H2. The quantitative estimate of drug-likeness (QED) is 0.284. The fourth-order valence-corrected chi connectivity index (χ4v) is 5.72. The minimum absolute atomic E-state index is 0.752. The van der Waals surface area contributed by atoms with Gasteiger partial charge in [0.1, 0.15) is 0 Å². The average molecular weight is 496 g/mol. The van der Waals surface area contributed by atoms with Crippen LogP contribution in [0, 0.1) is 0 Å². The molecule has 0 spiro atoms. The minimum Gasteiger partial charge on any atom is -0.228 e. The zero-order chi connectivity index (χ0) is 15.8. The van der Waals surface area contributed by atoms with Crippen LogP contribution < -0.4 is 0 Å². The molecule has 1 saturated carbocycles. The Morgan fingerprint density at radius 2 is 1.65 bits per heavy atom. The first kappa shape index (κ1) is 15.8. The molecule has 0 bridgehead atoms. The number of nitrogens with zero attached hydrogens (tertiary/aromatic N) is 1. The first-order valence-corrected chi connectivity index (χ1v) is 10.5. The van der Waals surface area contributed by atoms with Crippen LogP contribution in [0.4, 0.5) is 0 Å². The number of thiazole rings is 1. The molecule has 0 amide bonds. The van der Waals surface area contributed by atoms with Gasteiger partial charge in [-0.2, -0.15) is 0 Å². The molecular weight excluding hydrogens is 481 g/mol. The lowest BCUT2D eigenvalue weighted by molar-refractivity contribution is 0.450. The van der Waals surface area contributed by atoms with E-state index < -0.39 is 0 Å². The molecule has 4 rings (SSSR count). The fraction of sp³-hybridized carbons (Fsp3) is 0.211. The van der Waals surface area contributed by atoms with E-state index in [0.29, 0.717) is 0 Å². The summed E-state index contributed by atoms with van der Waals surface area (Å²) in [5.41, 5.74) is 4.96. The van der Waals surface area contributed by atoms with E-state index in [1.807, 2.05) is 6.07 Å². The molecular formula is C19H15BrINS. The van der Waals surface area contributed by atoms with Crippen LogP contribution in [0.1, 0.15) is 24.3 Å². The van der Waals surface area contributed by atoms with Crippen LogP contribution in [-0.4, -0.2) is 8.91 Å². The summed E-state index contributed by atoms with van der Waals surface area (Å²) in [5.74, 6) is 0.752. The Morgan fingerprint density at radius 1 is 0.957 bits per heavy atom. The Morgan fingerprint density at radius 3 is 2.30 bits per heavy atom. The molecule has 0 aliphatic heterocycles. The summed E-state index contributed by atoms with van der Waals surface area (Å²) < 4.78 is 1.79. The topological polar surface area (TPSA) is 12.9 Å². The normalized spacial score (nSPS) is 20.3. The zero-order valence-corrected chi connectivity index (χ0v) is 16.9. The van der Waals surface area contributed by atoms with E-state index in [1.54, 1.807) is 11.3 Å². The van der Waals surface area contributed by atoms with Crippen LogP contribution >= 0.6 is 49.9 Å². The van der Waals surface area contributed by atoms with Gasteiger partial charge in [0.25, 0.3) is 0 Å². The Balaban J connectivity index is 1.68. The lowest BCUT2D eigenvalue weighted by Crippen LogP contribution is -2.21. The van der Waals surface area contributed by atoms with Crippen molar-refractivity contribution >= 4 is 49.9 Å². The summed E-state index contributed by atoms with van der Waals surface area (Å²) in [6.45, 7) is 0. The van der Waals surface area contributed by atoms with E-state index >= 15 is 0 Å². The fourth-order valence-electron chi connectivity index (χ4n) is 3.01. The summed E-state index contributed by atoms with van der Waals surface area (Å²) >= 11 is 7.79. The van der Waals surface area contributed by atoms with Crippen molar-refractivity contribution in [2.45, 2.75) is 22.7 Å². The van der Waals surface area contributed by atoms with E-state index in [1.165, 1.54) is 34.4 Å². The molecule has 116 valence electrons. The van der Waals surface area contributed by atoms with Gasteiger partial charge in [-0.15, -0.1) is 11.3 Å². The molecule has 1 heterocycles. The van der Waals surface area contributed by atoms with Crippen molar-refractivity contribution in [2.75, 3.05) is 0 Å². The van der Waals surface area contributed by atoms with Gasteiger partial charge >= 0.3 is 0 Å². The number of benzene rings is 2. The zero-order valence-electron chi connectivity index (χ0n) is 12.4. The van der Waals surface area contributed by atoms with E-state index in [0.717, 1.165) is 19.5 Å². The van der Waals surface area contributed by atoms with E-state index in [9.17, 15) is 0 Å². The van der Waals surface area contributed by atoms with Crippen molar-refractivity contribution in [3.8, 4) is 21.7 Å². The van der Waals surface area contributed by atoms with Crippen LogP contribution in [-0.2, 0) is 0 Å². The van der Waals surface area contributed by atoms with Gasteiger partial charge in [-0.05, 0) is 45.8 Å². The van der Waals surface area contributed by atoms with Gasteiger partial charge < -0.3 is 0 Å². The maximum atomic E-state index is 4.71. The summed E-state index contributed by atoms with van der Waals surface area (Å²) in [6, 6.07) is 19.5. The molecule has 0 N–H and O–H groups in total. The molecule has 1 nitrogen and oxygen atoms in total. The molecule has 23 heavy (non-hydrogen) atoms. The van der Waals surface area contributed by atoms with Crippen LogP contribution in [0.25, 0.3) is 21.7 Å². The second-order valence-corrected chi connectivity index (χ2v) is 9.93. The lowest BCUT2D eigenvalue weighted by Gasteiger charge is -2.31. The third-order valence-electron chi connectivity index (χ3n) is 4.37. The maximum Gasteiger partial charge on any atom is 0.160 e. The van der Waals surface area contributed by atoms with E-state index in [2.05, 4.69) is 87.1 Å². The highest BCUT2D eigenvalue weighted by atomic mass is 127. The van der Waals surface area contributed by atoms with Crippen molar-refractivity contribution in [3.63, 3.8) is 0 Å². The second-order valence-electron chi connectivity index (χ2n) is 5.90. The minimum atomic E-state index is 0.752. The van der Waals surface area contributed by atoms with Gasteiger partial charge in [-0.25, -0.2) is 4.98 Å². The largest absolute Gasteiger partial charge is 0.228 e. The van der Waals surface area contributed by atoms with Crippen LogP contribution in [0.5, 0.6) is 0 Å². The second kappa shape index (κ2) is 6.65. The van der Waals surface area contributed by atoms with Gasteiger partial charge in [0.2, 0.25) is 0 Å². The van der Waals surface area contributed by atoms with Gasteiger partial charge in [0.15, 0.2) is 3.92 Å². The number of hydrogen-bond donors (Lipinski definition) is 0. The van der Waals surface area contributed by atoms with Crippen molar-refractivity contribution in [3.05, 3.63) is 64.1 Å². The highest BCUT2D eigenvalue weighted by molar-refractivity contribution is 14.1. The first-order valence-electron chi connectivity index (χ1n) is 7.67. The van der Waals surface area contributed by atoms with E-state index in [-0.39, 0.29) is 0 Å². The van der Waals surface area contributed by atoms with Crippen molar-refractivity contribution in [1.82, 2.24) is 4.98 Å². The molecule has 2 aromatic carbocycles. The van der Waals surface area contributed by atoms with Gasteiger partial charge in [-0.1, -0.05) is 77.2 Å². The van der Waals surface area contributed by atoms with E-state index in [4.69, 9.17) is 4.98 Å². The molecule has 0 unspecified atom stereocenters. The molecule has 0 atom stereocenters. The summed E-state index contributed by atoms with van der Waals surface area (Å²) in [4.78, 5) is 5.94. The molecule has 1 aliphatic rings.